The predicted molar refractivity (Wildman–Crippen MR) is 134 cm³/mol. The third kappa shape index (κ3) is 6.38. The molecule has 0 unspecified atom stereocenters. The fraction of sp³-hybridized carbons (Fsp3) is 0.346. The molecule has 0 spiro atoms. The summed E-state index contributed by atoms with van der Waals surface area (Å²) in [6, 6.07) is 10.8. The Morgan fingerprint density at radius 1 is 0.730 bits per heavy atom. The van der Waals surface area contributed by atoms with Crippen LogP contribution in [0.25, 0.3) is 22.2 Å². The van der Waals surface area contributed by atoms with Gasteiger partial charge < -0.3 is 37.7 Å². The molecule has 0 atom stereocenters. The second-order valence-corrected chi connectivity index (χ2v) is 7.71. The van der Waals surface area contributed by atoms with Crippen LogP contribution in [0.5, 0.6) is 28.9 Å². The van der Waals surface area contributed by atoms with E-state index in [4.69, 9.17) is 37.7 Å². The molecule has 0 fully saturated rings. The van der Waals surface area contributed by atoms with Crippen molar-refractivity contribution < 1.29 is 37.7 Å². The minimum atomic E-state index is 0.101. The van der Waals surface area contributed by atoms with Gasteiger partial charge in [0.2, 0.25) is 5.88 Å². The molecule has 196 valence electrons. The molecule has 0 saturated carbocycles. The summed E-state index contributed by atoms with van der Waals surface area (Å²) in [7, 11) is 6.41. The lowest BCUT2D eigenvalue weighted by Crippen LogP contribution is -2.09. The van der Waals surface area contributed by atoms with Crippen molar-refractivity contribution in [3.05, 3.63) is 48.5 Å². The molecule has 4 rings (SSSR count). The monoisotopic (exact) mass is 511 g/mol. The van der Waals surface area contributed by atoms with E-state index in [0.29, 0.717) is 77.7 Å². The zero-order valence-electron chi connectivity index (χ0n) is 21.2. The van der Waals surface area contributed by atoms with Gasteiger partial charge in [-0.05, 0) is 18.2 Å². The third-order valence-corrected chi connectivity index (χ3v) is 5.35. The number of hydrogen-bond acceptors (Lipinski definition) is 11. The van der Waals surface area contributed by atoms with Crippen molar-refractivity contribution in [1.82, 2.24) is 15.1 Å². The van der Waals surface area contributed by atoms with E-state index in [2.05, 4.69) is 15.1 Å². The summed E-state index contributed by atoms with van der Waals surface area (Å²) >= 11 is 0. The highest BCUT2D eigenvalue weighted by Gasteiger charge is 2.16. The number of fused-ring (bicyclic) bond motifs is 1. The lowest BCUT2D eigenvalue weighted by atomic mass is 10.1. The van der Waals surface area contributed by atoms with Gasteiger partial charge >= 0.3 is 0 Å². The van der Waals surface area contributed by atoms with Gasteiger partial charge in [0.25, 0.3) is 0 Å². The summed E-state index contributed by atoms with van der Waals surface area (Å²) in [5, 5.41) is 4.82. The van der Waals surface area contributed by atoms with Gasteiger partial charge in [0.05, 0.1) is 38.3 Å². The van der Waals surface area contributed by atoms with E-state index >= 15 is 0 Å². The van der Waals surface area contributed by atoms with Gasteiger partial charge in [-0.3, -0.25) is 0 Å². The van der Waals surface area contributed by atoms with Crippen LogP contribution in [0.3, 0.4) is 0 Å². The molecule has 2 aromatic heterocycles. The van der Waals surface area contributed by atoms with Crippen molar-refractivity contribution in [2.45, 2.75) is 6.61 Å². The first-order valence-electron chi connectivity index (χ1n) is 11.5. The number of hydrogen-bond donors (Lipinski definition) is 0. The number of ether oxygens (including phenoxy) is 7. The normalized spacial score (nSPS) is 10.9. The topological polar surface area (TPSA) is 116 Å². The summed E-state index contributed by atoms with van der Waals surface area (Å²) in [5.41, 5.74) is 2.01. The van der Waals surface area contributed by atoms with Crippen molar-refractivity contribution in [3.63, 3.8) is 0 Å². The molecule has 0 N–H and O–H groups in total. The highest BCUT2D eigenvalue weighted by molar-refractivity contribution is 5.86. The number of methoxy groups -OCH3 is 4. The van der Waals surface area contributed by atoms with Gasteiger partial charge in [-0.2, -0.15) is 0 Å². The first-order valence-corrected chi connectivity index (χ1v) is 11.5. The van der Waals surface area contributed by atoms with Gasteiger partial charge in [0, 0.05) is 38.0 Å². The van der Waals surface area contributed by atoms with Crippen LogP contribution in [0.1, 0.15) is 5.76 Å². The minimum Gasteiger partial charge on any atom is -0.497 e. The maximum absolute atomic E-state index is 5.99. The zero-order chi connectivity index (χ0) is 26.0. The molecule has 4 aromatic rings. The Kier molecular flexibility index (Phi) is 8.95. The van der Waals surface area contributed by atoms with E-state index in [1.165, 1.54) is 6.33 Å². The molecule has 0 saturated heterocycles. The highest BCUT2D eigenvalue weighted by Crippen LogP contribution is 2.36. The van der Waals surface area contributed by atoms with Crippen LogP contribution in [0, 0.1) is 0 Å². The summed E-state index contributed by atoms with van der Waals surface area (Å²) < 4.78 is 44.1. The van der Waals surface area contributed by atoms with E-state index in [0.717, 1.165) is 5.56 Å². The molecule has 0 aliphatic heterocycles. The molecule has 0 aliphatic rings. The second kappa shape index (κ2) is 12.7. The average molecular weight is 512 g/mol. The molecule has 0 radical (unpaired) electrons. The Labute approximate surface area is 214 Å². The Balaban J connectivity index is 1.55. The number of aromatic nitrogens is 3. The molecular weight excluding hydrogens is 482 g/mol. The molecule has 0 bridgehead atoms. The molecule has 2 heterocycles. The molecule has 37 heavy (non-hydrogen) atoms. The molecule has 0 amide bonds. The third-order valence-electron chi connectivity index (χ3n) is 5.35. The van der Waals surface area contributed by atoms with E-state index in [1.807, 2.05) is 12.1 Å². The predicted octanol–water partition coefficient (Wildman–Crippen LogP) is 3.93. The van der Waals surface area contributed by atoms with Gasteiger partial charge in [0.15, 0.2) is 23.9 Å². The van der Waals surface area contributed by atoms with Crippen LogP contribution in [0.15, 0.2) is 47.2 Å². The van der Waals surface area contributed by atoms with Crippen molar-refractivity contribution in [2.24, 2.45) is 0 Å². The fourth-order valence-corrected chi connectivity index (χ4v) is 3.51. The summed E-state index contributed by atoms with van der Waals surface area (Å²) in [6.45, 7) is 1.68. The first kappa shape index (κ1) is 26.0. The van der Waals surface area contributed by atoms with Crippen LogP contribution >= 0.6 is 0 Å². The van der Waals surface area contributed by atoms with Crippen LogP contribution in [-0.2, 0) is 16.1 Å². The Hall–Kier alpha value is -4.09. The van der Waals surface area contributed by atoms with Crippen LogP contribution in [0.2, 0.25) is 0 Å². The van der Waals surface area contributed by atoms with Gasteiger partial charge in [-0.25, -0.2) is 9.97 Å². The molecule has 0 aliphatic carbocycles. The zero-order valence-corrected chi connectivity index (χ0v) is 21.2. The van der Waals surface area contributed by atoms with E-state index in [9.17, 15) is 0 Å². The quantitative estimate of drug-likeness (QED) is 0.229. The van der Waals surface area contributed by atoms with Crippen LogP contribution in [0.4, 0.5) is 0 Å². The maximum atomic E-state index is 5.99. The largest absolute Gasteiger partial charge is 0.497 e. The van der Waals surface area contributed by atoms with Crippen LogP contribution < -0.4 is 23.7 Å². The number of rotatable bonds is 14. The fourth-order valence-electron chi connectivity index (χ4n) is 3.51. The summed E-state index contributed by atoms with van der Waals surface area (Å²) in [5.74, 6) is 3.24. The molecule has 11 heteroatoms. The Morgan fingerprint density at radius 3 is 2.19 bits per heavy atom. The van der Waals surface area contributed by atoms with Gasteiger partial charge in [-0.15, -0.1) is 0 Å². The van der Waals surface area contributed by atoms with Crippen molar-refractivity contribution in [1.29, 1.82) is 0 Å². The summed E-state index contributed by atoms with van der Waals surface area (Å²) in [4.78, 5) is 8.66. The van der Waals surface area contributed by atoms with Gasteiger partial charge in [-0.1, -0.05) is 5.16 Å². The lowest BCUT2D eigenvalue weighted by molar-refractivity contribution is 0.132. The van der Waals surface area contributed by atoms with Crippen molar-refractivity contribution in [3.8, 4) is 40.1 Å². The van der Waals surface area contributed by atoms with E-state index < -0.39 is 0 Å². The van der Waals surface area contributed by atoms with Crippen molar-refractivity contribution >= 4 is 10.9 Å². The first-order chi connectivity index (χ1) is 18.2. The van der Waals surface area contributed by atoms with Gasteiger partial charge in [0.1, 0.15) is 36.7 Å². The SMILES string of the molecule is COCCOc1cc2ncnc(OCc3cc(-c4ccc(OC)cc4OC)no3)c2cc1OCCOC. The maximum Gasteiger partial charge on any atom is 0.225 e. The molecule has 11 nitrogen and oxygen atoms in total. The van der Waals surface area contributed by atoms with E-state index in [-0.39, 0.29) is 6.61 Å². The standard InChI is InChI=1S/C26H29N3O8/c1-30-7-9-34-24-13-20-21(14-25(24)35-10-8-31-2)27-16-28-26(20)36-15-18-11-22(29-37-18)19-6-5-17(32-3)12-23(19)33-4/h5-6,11-14,16H,7-10,15H2,1-4H3. The van der Waals surface area contributed by atoms with Crippen molar-refractivity contribution in [2.75, 3.05) is 54.9 Å². The minimum absolute atomic E-state index is 0.101. The van der Waals surface area contributed by atoms with E-state index in [1.54, 1.807) is 52.7 Å². The number of nitrogens with zero attached hydrogens (tertiary/aromatic N) is 3. The lowest BCUT2D eigenvalue weighted by Gasteiger charge is -2.14. The Morgan fingerprint density at radius 2 is 1.49 bits per heavy atom. The highest BCUT2D eigenvalue weighted by atomic mass is 16.5. The summed E-state index contributed by atoms with van der Waals surface area (Å²) in [6.07, 6.45) is 1.43. The smallest absolute Gasteiger partial charge is 0.225 e. The number of benzene rings is 2. The molecule has 2 aromatic carbocycles. The second-order valence-electron chi connectivity index (χ2n) is 7.71. The molecular formula is C26H29N3O8. The average Bonchev–Trinajstić information content (AvgIpc) is 3.40. The van der Waals surface area contributed by atoms with Crippen LogP contribution in [-0.4, -0.2) is 70.0 Å². The Bertz CT molecular complexity index is 1310.